The van der Waals surface area contributed by atoms with Crippen molar-refractivity contribution in [2.45, 2.75) is 25.4 Å². The Balaban J connectivity index is 1.71. The summed E-state index contributed by atoms with van der Waals surface area (Å²) in [5.41, 5.74) is 6.86. The molecule has 1 aliphatic rings. The lowest BCUT2D eigenvalue weighted by molar-refractivity contribution is -0.00237. The summed E-state index contributed by atoms with van der Waals surface area (Å²) in [4.78, 5) is 2.34. The van der Waals surface area contributed by atoms with Crippen LogP contribution in [0.15, 0.2) is 30.3 Å². The zero-order chi connectivity index (χ0) is 19.6. The van der Waals surface area contributed by atoms with Crippen LogP contribution in [0.3, 0.4) is 0 Å². The molecule has 3 N–H and O–H groups in total. The molecule has 7 nitrogen and oxygen atoms in total. The Morgan fingerprint density at radius 3 is 2.93 bits per heavy atom. The standard InChI is InChI=1S/C20H31N5O2S/c1-26-13-6-14-27-18(16-7-3-2-4-8-16)17-9-5-12-25(15-17)20-19(22-11-10-21)23-28-24-20/h2-4,7-8,17-18H,5-6,9-15,21H2,1H3,(H,22,23)/t17-,18+/m1/s1. The van der Waals surface area contributed by atoms with Gasteiger partial charge < -0.3 is 25.4 Å². The van der Waals surface area contributed by atoms with Gasteiger partial charge in [0.05, 0.1) is 17.8 Å². The average Bonchev–Trinajstić information content (AvgIpc) is 3.21. The van der Waals surface area contributed by atoms with E-state index in [2.05, 4.69) is 49.3 Å². The van der Waals surface area contributed by atoms with Crippen LogP contribution in [0.4, 0.5) is 11.6 Å². The van der Waals surface area contributed by atoms with Gasteiger partial charge in [0.2, 0.25) is 0 Å². The van der Waals surface area contributed by atoms with Crippen molar-refractivity contribution in [3.05, 3.63) is 35.9 Å². The number of hydrogen-bond donors (Lipinski definition) is 2. The molecule has 1 aliphatic heterocycles. The van der Waals surface area contributed by atoms with Gasteiger partial charge in [-0.05, 0) is 24.8 Å². The average molecular weight is 406 g/mol. The molecule has 2 aromatic rings. The lowest BCUT2D eigenvalue weighted by Crippen LogP contribution is -2.39. The van der Waals surface area contributed by atoms with Gasteiger partial charge in [-0.15, -0.1) is 0 Å². The number of rotatable bonds is 11. The van der Waals surface area contributed by atoms with Crippen LogP contribution in [0.5, 0.6) is 0 Å². The van der Waals surface area contributed by atoms with E-state index < -0.39 is 0 Å². The highest BCUT2D eigenvalue weighted by atomic mass is 32.1. The molecule has 0 unspecified atom stereocenters. The van der Waals surface area contributed by atoms with Gasteiger partial charge in [0, 0.05) is 52.4 Å². The highest BCUT2D eigenvalue weighted by Gasteiger charge is 2.31. The zero-order valence-corrected chi connectivity index (χ0v) is 17.4. The van der Waals surface area contributed by atoms with Gasteiger partial charge in [-0.25, -0.2) is 0 Å². The lowest BCUT2D eigenvalue weighted by Gasteiger charge is -2.37. The summed E-state index contributed by atoms with van der Waals surface area (Å²) in [6.45, 7) is 4.59. The summed E-state index contributed by atoms with van der Waals surface area (Å²) in [6, 6.07) is 10.5. The Labute approximate surface area is 171 Å². The lowest BCUT2D eigenvalue weighted by atomic mass is 9.88. The molecule has 2 atom stereocenters. The minimum atomic E-state index is 0.0768. The Kier molecular flexibility index (Phi) is 8.47. The first-order chi connectivity index (χ1) is 13.8. The van der Waals surface area contributed by atoms with Gasteiger partial charge in [-0.2, -0.15) is 8.75 Å². The van der Waals surface area contributed by atoms with Crippen LogP contribution in [0.25, 0.3) is 0 Å². The first-order valence-corrected chi connectivity index (χ1v) is 10.7. The molecule has 0 bridgehead atoms. The van der Waals surface area contributed by atoms with E-state index in [9.17, 15) is 0 Å². The number of benzene rings is 1. The molecule has 1 aromatic carbocycles. The second kappa shape index (κ2) is 11.3. The van der Waals surface area contributed by atoms with Crippen LogP contribution >= 0.6 is 11.7 Å². The van der Waals surface area contributed by atoms with Gasteiger partial charge >= 0.3 is 0 Å². The van der Waals surface area contributed by atoms with Crippen molar-refractivity contribution in [2.75, 3.05) is 56.7 Å². The molecule has 0 amide bonds. The largest absolute Gasteiger partial charge is 0.385 e. The topological polar surface area (TPSA) is 85.5 Å². The van der Waals surface area contributed by atoms with E-state index in [4.69, 9.17) is 15.2 Å². The fourth-order valence-electron chi connectivity index (χ4n) is 3.70. The molecular formula is C20H31N5O2S. The smallest absolute Gasteiger partial charge is 0.186 e. The number of piperidine rings is 1. The number of anilines is 2. The monoisotopic (exact) mass is 405 g/mol. The van der Waals surface area contributed by atoms with Gasteiger partial charge in [0.15, 0.2) is 11.6 Å². The Morgan fingerprint density at radius 1 is 1.29 bits per heavy atom. The van der Waals surface area contributed by atoms with E-state index in [1.807, 2.05) is 0 Å². The molecule has 0 radical (unpaired) electrons. The number of ether oxygens (including phenoxy) is 2. The third-order valence-electron chi connectivity index (χ3n) is 5.01. The minimum Gasteiger partial charge on any atom is -0.385 e. The SMILES string of the molecule is COCCCO[C@@H](c1ccccc1)[C@@H]1CCCN(c2nsnc2NCCN)C1. The van der Waals surface area contributed by atoms with Crippen molar-refractivity contribution in [1.82, 2.24) is 8.75 Å². The zero-order valence-electron chi connectivity index (χ0n) is 16.5. The summed E-state index contributed by atoms with van der Waals surface area (Å²) < 4.78 is 20.5. The third-order valence-corrected chi connectivity index (χ3v) is 5.53. The number of nitrogens with one attached hydrogen (secondary N) is 1. The number of nitrogens with zero attached hydrogens (tertiary/aromatic N) is 3. The normalized spacial score (nSPS) is 18.2. The molecule has 0 saturated carbocycles. The third kappa shape index (κ3) is 5.64. The van der Waals surface area contributed by atoms with Crippen LogP contribution in [-0.4, -0.2) is 55.2 Å². The molecule has 28 heavy (non-hydrogen) atoms. The molecule has 154 valence electrons. The fraction of sp³-hybridized carbons (Fsp3) is 0.600. The number of methoxy groups -OCH3 is 1. The Hall–Kier alpha value is -1.74. The predicted octanol–water partition coefficient (Wildman–Crippen LogP) is 2.92. The van der Waals surface area contributed by atoms with Gasteiger partial charge in [0.1, 0.15) is 0 Å². The molecule has 1 saturated heterocycles. The predicted molar refractivity (Wildman–Crippen MR) is 114 cm³/mol. The maximum Gasteiger partial charge on any atom is 0.186 e. The van der Waals surface area contributed by atoms with Crippen molar-refractivity contribution in [3.8, 4) is 0 Å². The van der Waals surface area contributed by atoms with Crippen LogP contribution in [0.2, 0.25) is 0 Å². The Morgan fingerprint density at radius 2 is 2.14 bits per heavy atom. The molecule has 1 fully saturated rings. The summed E-state index contributed by atoms with van der Waals surface area (Å²) in [7, 11) is 1.73. The first kappa shape index (κ1) is 21.0. The first-order valence-electron chi connectivity index (χ1n) is 10.0. The number of nitrogens with two attached hydrogens (primary N) is 1. The minimum absolute atomic E-state index is 0.0768. The van der Waals surface area contributed by atoms with Crippen molar-refractivity contribution in [3.63, 3.8) is 0 Å². The molecule has 0 spiro atoms. The van der Waals surface area contributed by atoms with E-state index in [0.717, 1.165) is 50.6 Å². The van der Waals surface area contributed by atoms with E-state index in [1.54, 1.807) is 7.11 Å². The van der Waals surface area contributed by atoms with Crippen LogP contribution in [0, 0.1) is 5.92 Å². The second-order valence-electron chi connectivity index (χ2n) is 7.05. The van der Waals surface area contributed by atoms with E-state index in [1.165, 1.54) is 17.3 Å². The van der Waals surface area contributed by atoms with Gasteiger partial charge in [-0.1, -0.05) is 30.3 Å². The van der Waals surface area contributed by atoms with Crippen LogP contribution < -0.4 is 16.0 Å². The quantitative estimate of drug-likeness (QED) is 0.556. The number of aromatic nitrogens is 2. The molecule has 3 rings (SSSR count). The fourth-order valence-corrected chi connectivity index (χ4v) is 4.25. The van der Waals surface area contributed by atoms with Crippen LogP contribution in [-0.2, 0) is 9.47 Å². The second-order valence-corrected chi connectivity index (χ2v) is 7.58. The van der Waals surface area contributed by atoms with Crippen molar-refractivity contribution in [1.29, 1.82) is 0 Å². The van der Waals surface area contributed by atoms with Crippen LogP contribution in [0.1, 0.15) is 30.9 Å². The molecule has 1 aromatic heterocycles. The Bertz CT molecular complexity index is 684. The van der Waals surface area contributed by atoms with E-state index in [0.29, 0.717) is 25.6 Å². The molecule has 8 heteroatoms. The molecular weight excluding hydrogens is 374 g/mol. The van der Waals surface area contributed by atoms with E-state index >= 15 is 0 Å². The summed E-state index contributed by atoms with van der Waals surface area (Å²) >= 11 is 1.25. The summed E-state index contributed by atoms with van der Waals surface area (Å²) in [5.74, 6) is 2.19. The van der Waals surface area contributed by atoms with E-state index in [-0.39, 0.29) is 6.10 Å². The number of hydrogen-bond acceptors (Lipinski definition) is 8. The highest BCUT2D eigenvalue weighted by molar-refractivity contribution is 6.99. The molecule has 0 aliphatic carbocycles. The maximum atomic E-state index is 6.36. The van der Waals surface area contributed by atoms with Gasteiger partial charge in [-0.3, -0.25) is 0 Å². The van der Waals surface area contributed by atoms with Crippen molar-refractivity contribution < 1.29 is 9.47 Å². The van der Waals surface area contributed by atoms with Gasteiger partial charge in [0.25, 0.3) is 0 Å². The van der Waals surface area contributed by atoms with Crippen molar-refractivity contribution >= 4 is 23.4 Å². The highest BCUT2D eigenvalue weighted by Crippen LogP contribution is 2.36. The van der Waals surface area contributed by atoms with Crippen molar-refractivity contribution in [2.24, 2.45) is 11.7 Å². The summed E-state index contributed by atoms with van der Waals surface area (Å²) in [6.07, 6.45) is 3.24. The molecule has 2 heterocycles. The summed E-state index contributed by atoms with van der Waals surface area (Å²) in [5, 5.41) is 3.29. The maximum absolute atomic E-state index is 6.36.